The van der Waals surface area contributed by atoms with Crippen LogP contribution >= 0.6 is 0 Å². The highest BCUT2D eigenvalue weighted by atomic mass is 19.3. The van der Waals surface area contributed by atoms with Gasteiger partial charge in [-0.3, -0.25) is 4.79 Å². The lowest BCUT2D eigenvalue weighted by Gasteiger charge is -2.36. The molecule has 2 aliphatic rings. The van der Waals surface area contributed by atoms with Crippen molar-refractivity contribution in [2.75, 3.05) is 0 Å². The van der Waals surface area contributed by atoms with Crippen molar-refractivity contribution < 1.29 is 48.7 Å². The lowest BCUT2D eigenvalue weighted by Crippen LogP contribution is -2.69. The zero-order valence-corrected chi connectivity index (χ0v) is 7.69. The Hall–Kier alpha value is -1.03. The van der Waals surface area contributed by atoms with E-state index in [2.05, 4.69) is 0 Å². The van der Waals surface area contributed by atoms with Crippen LogP contribution in [0.3, 0.4) is 0 Å². The fourth-order valence-electron chi connectivity index (χ4n) is 2.12. The zero-order chi connectivity index (χ0) is 14.6. The predicted octanol–water partition coefficient (Wildman–Crippen LogP) is 2.54. The van der Waals surface area contributed by atoms with E-state index in [1.165, 1.54) is 0 Å². The van der Waals surface area contributed by atoms with Crippen molar-refractivity contribution in [1.29, 1.82) is 0 Å². The Labute approximate surface area is 90.7 Å². The average molecular weight is 290 g/mol. The zero-order valence-electron chi connectivity index (χ0n) is 7.69. The van der Waals surface area contributed by atoms with Gasteiger partial charge < -0.3 is 0 Å². The standard InChI is InChI=1S/C7F10O/c8-2-1(18)3(9,10)4(11,5(2,12)13)7(16,17)6(2,14)15. The average Bonchev–Trinajstić information content (AvgIpc) is 2.32. The van der Waals surface area contributed by atoms with Gasteiger partial charge in [0, 0.05) is 0 Å². The number of carbonyl (C=O) groups excluding carboxylic acids is 1. The number of hydrogen-bond donors (Lipinski definition) is 0. The molecule has 11 heteroatoms. The van der Waals surface area contributed by atoms with Crippen LogP contribution in [0.5, 0.6) is 0 Å². The molecule has 0 aromatic heterocycles. The summed E-state index contributed by atoms with van der Waals surface area (Å²) in [6.07, 6.45) is 0. The van der Waals surface area contributed by atoms with E-state index >= 15 is 0 Å². The van der Waals surface area contributed by atoms with Gasteiger partial charge in [0.1, 0.15) is 0 Å². The Bertz CT molecular complexity index is 455. The molecule has 2 rings (SSSR count). The highest BCUT2D eigenvalue weighted by Crippen LogP contribution is 2.77. The predicted molar refractivity (Wildman–Crippen MR) is 32.5 cm³/mol. The Morgan fingerprint density at radius 1 is 0.611 bits per heavy atom. The van der Waals surface area contributed by atoms with Crippen molar-refractivity contribution in [3.63, 3.8) is 0 Å². The minimum absolute atomic E-state index is 3.89. The third-order valence-corrected chi connectivity index (χ3v) is 3.16. The number of hydrogen-bond acceptors (Lipinski definition) is 1. The van der Waals surface area contributed by atoms with E-state index in [0.717, 1.165) is 0 Å². The molecule has 0 radical (unpaired) electrons. The maximum absolute atomic E-state index is 13.2. The van der Waals surface area contributed by atoms with Gasteiger partial charge >= 0.3 is 35.0 Å². The molecule has 0 aromatic carbocycles. The molecule has 2 aliphatic carbocycles. The summed E-state index contributed by atoms with van der Waals surface area (Å²) in [5.41, 5.74) is -12.9. The second-order valence-electron chi connectivity index (χ2n) is 3.94. The molecular formula is C7F10O. The van der Waals surface area contributed by atoms with Crippen LogP contribution in [0.2, 0.25) is 0 Å². The number of Topliss-reactive ketones (excluding diaryl/α,β-unsaturated/α-hetero) is 1. The molecule has 2 saturated carbocycles. The number of carbonyl (C=O) groups is 1. The van der Waals surface area contributed by atoms with Gasteiger partial charge in [-0.1, -0.05) is 0 Å². The lowest BCUT2D eigenvalue weighted by atomic mass is 9.85. The smallest absolute Gasteiger partial charge is 0.289 e. The van der Waals surface area contributed by atoms with Crippen LogP contribution < -0.4 is 0 Å². The maximum atomic E-state index is 13.2. The van der Waals surface area contributed by atoms with Gasteiger partial charge in [-0.25, -0.2) is 8.78 Å². The largest absolute Gasteiger partial charge is 0.360 e. The Kier molecular flexibility index (Phi) is 1.85. The molecule has 0 aliphatic heterocycles. The van der Waals surface area contributed by atoms with Crippen LogP contribution in [0, 0.1) is 0 Å². The molecule has 0 N–H and O–H groups in total. The van der Waals surface area contributed by atoms with Crippen LogP contribution in [0.4, 0.5) is 43.9 Å². The van der Waals surface area contributed by atoms with E-state index in [1.807, 2.05) is 0 Å². The summed E-state index contributed by atoms with van der Waals surface area (Å²) in [5.74, 6) is -30.0. The minimum Gasteiger partial charge on any atom is -0.289 e. The third-order valence-electron chi connectivity index (χ3n) is 3.16. The van der Waals surface area contributed by atoms with Crippen molar-refractivity contribution in [2.45, 2.75) is 35.0 Å². The summed E-state index contributed by atoms with van der Waals surface area (Å²) in [4.78, 5) is 10.5. The van der Waals surface area contributed by atoms with E-state index in [0.29, 0.717) is 0 Å². The molecule has 0 amide bonds. The van der Waals surface area contributed by atoms with Crippen molar-refractivity contribution in [2.24, 2.45) is 0 Å². The summed E-state index contributed by atoms with van der Waals surface area (Å²) in [6, 6.07) is 0. The molecule has 2 bridgehead atoms. The number of ketones is 1. The molecular weight excluding hydrogens is 290 g/mol. The molecule has 0 heterocycles. The van der Waals surface area contributed by atoms with Gasteiger partial charge in [-0.2, -0.15) is 35.1 Å². The summed E-state index contributed by atoms with van der Waals surface area (Å²) >= 11 is 0. The van der Waals surface area contributed by atoms with E-state index in [-0.39, 0.29) is 0 Å². The SMILES string of the molecule is O=C1C(F)(F)C2(F)C(F)(F)C(F)(F)C1(F)C2(F)F. The summed E-state index contributed by atoms with van der Waals surface area (Å²) in [6.45, 7) is 0. The van der Waals surface area contributed by atoms with Crippen molar-refractivity contribution >= 4 is 5.78 Å². The molecule has 18 heavy (non-hydrogen) atoms. The van der Waals surface area contributed by atoms with Crippen molar-refractivity contribution in [3.8, 4) is 0 Å². The first kappa shape index (κ1) is 13.4. The first-order chi connectivity index (χ1) is 7.65. The Morgan fingerprint density at radius 2 is 1.00 bits per heavy atom. The van der Waals surface area contributed by atoms with Gasteiger partial charge in [-0.15, -0.1) is 0 Å². The van der Waals surface area contributed by atoms with Gasteiger partial charge in [0.25, 0.3) is 5.78 Å². The lowest BCUT2D eigenvalue weighted by molar-refractivity contribution is -0.318. The molecule has 2 unspecified atom stereocenters. The number of halogens is 10. The highest BCUT2D eigenvalue weighted by molar-refractivity contribution is 6.03. The van der Waals surface area contributed by atoms with Gasteiger partial charge in [0.2, 0.25) is 0 Å². The normalized spacial score (nSPS) is 46.4. The first-order valence-corrected chi connectivity index (χ1v) is 4.09. The second kappa shape index (κ2) is 2.48. The number of alkyl halides is 10. The van der Waals surface area contributed by atoms with Crippen LogP contribution in [0.1, 0.15) is 0 Å². The summed E-state index contributed by atoms with van der Waals surface area (Å²) < 4.78 is 129. The third kappa shape index (κ3) is 0.692. The number of fused-ring (bicyclic) bond motifs is 2. The van der Waals surface area contributed by atoms with Crippen LogP contribution in [0.15, 0.2) is 0 Å². The van der Waals surface area contributed by atoms with Crippen molar-refractivity contribution in [1.82, 2.24) is 0 Å². The molecule has 2 atom stereocenters. The molecule has 0 saturated heterocycles. The highest BCUT2D eigenvalue weighted by Gasteiger charge is 3.12. The van der Waals surface area contributed by atoms with Crippen LogP contribution in [0.25, 0.3) is 0 Å². The quantitative estimate of drug-likeness (QED) is 0.627. The Balaban J connectivity index is 2.95. The number of rotatable bonds is 0. The van der Waals surface area contributed by atoms with E-state index < -0.39 is 40.8 Å². The summed E-state index contributed by atoms with van der Waals surface area (Å²) in [7, 11) is 0. The fraction of sp³-hybridized carbons (Fsp3) is 0.857. The van der Waals surface area contributed by atoms with E-state index in [9.17, 15) is 48.7 Å². The van der Waals surface area contributed by atoms with E-state index in [4.69, 9.17) is 0 Å². The first-order valence-electron chi connectivity index (χ1n) is 4.09. The van der Waals surface area contributed by atoms with Crippen molar-refractivity contribution in [3.05, 3.63) is 0 Å². The van der Waals surface area contributed by atoms with E-state index in [1.54, 1.807) is 0 Å². The van der Waals surface area contributed by atoms with Gasteiger partial charge in [-0.05, 0) is 0 Å². The van der Waals surface area contributed by atoms with Crippen LogP contribution in [-0.4, -0.2) is 40.8 Å². The Morgan fingerprint density at radius 3 is 1.28 bits per heavy atom. The molecule has 2 fully saturated rings. The maximum Gasteiger partial charge on any atom is 0.360 e. The van der Waals surface area contributed by atoms with Crippen LogP contribution in [-0.2, 0) is 4.79 Å². The topological polar surface area (TPSA) is 17.1 Å². The van der Waals surface area contributed by atoms with Gasteiger partial charge in [0.05, 0.1) is 0 Å². The second-order valence-corrected chi connectivity index (χ2v) is 3.94. The van der Waals surface area contributed by atoms with Gasteiger partial charge in [0.15, 0.2) is 0 Å². The monoisotopic (exact) mass is 290 g/mol. The fourth-order valence-corrected chi connectivity index (χ4v) is 2.12. The minimum atomic E-state index is -6.74. The molecule has 0 spiro atoms. The molecule has 0 aromatic rings. The summed E-state index contributed by atoms with van der Waals surface area (Å²) in [5, 5.41) is 0. The molecule has 104 valence electrons. The molecule has 1 nitrogen and oxygen atoms in total.